The van der Waals surface area contributed by atoms with Crippen LogP contribution in [0.15, 0.2) is 76.3 Å². The number of halogens is 1. The lowest BCUT2D eigenvalue weighted by molar-refractivity contribution is -0.0191. The standard InChI is InChI=1S/C30H33BrN2O2/c1-3-4-5-6-7-18-34-25-15-12-23(13-16-25)30-33-28(26-19-24(31)14-17-29(26)35-30)20-27(32-33)22-10-8-21(2)9-11-22/h8-17,19,28,30H,3-7,18,20H2,1-2H3. The number of aryl methyl sites for hydroxylation is 1. The van der Waals surface area contributed by atoms with E-state index in [0.717, 1.165) is 46.7 Å². The van der Waals surface area contributed by atoms with Gasteiger partial charge in [0.15, 0.2) is 0 Å². The summed E-state index contributed by atoms with van der Waals surface area (Å²) in [4.78, 5) is 0. The number of ether oxygens (including phenoxy) is 2. The van der Waals surface area contributed by atoms with E-state index in [1.54, 1.807) is 0 Å². The van der Waals surface area contributed by atoms with E-state index in [0.29, 0.717) is 0 Å². The molecule has 0 spiro atoms. The lowest BCUT2D eigenvalue weighted by atomic mass is 9.95. The smallest absolute Gasteiger partial charge is 0.213 e. The first kappa shape index (κ1) is 23.9. The van der Waals surface area contributed by atoms with Crippen LogP contribution in [0.1, 0.15) is 80.0 Å². The molecule has 2 unspecified atom stereocenters. The molecule has 0 fully saturated rings. The third kappa shape index (κ3) is 5.40. The van der Waals surface area contributed by atoms with Gasteiger partial charge >= 0.3 is 0 Å². The van der Waals surface area contributed by atoms with Gasteiger partial charge in [0.2, 0.25) is 6.23 Å². The molecule has 35 heavy (non-hydrogen) atoms. The molecule has 3 aromatic rings. The van der Waals surface area contributed by atoms with Crippen molar-refractivity contribution in [3.8, 4) is 11.5 Å². The number of hydrogen-bond donors (Lipinski definition) is 0. The van der Waals surface area contributed by atoms with Gasteiger partial charge in [-0.05, 0) is 61.4 Å². The first-order valence-corrected chi connectivity index (χ1v) is 13.5. The average Bonchev–Trinajstić information content (AvgIpc) is 3.32. The van der Waals surface area contributed by atoms with Gasteiger partial charge in [-0.2, -0.15) is 5.10 Å². The monoisotopic (exact) mass is 532 g/mol. The van der Waals surface area contributed by atoms with E-state index >= 15 is 0 Å². The minimum atomic E-state index is -0.278. The van der Waals surface area contributed by atoms with Gasteiger partial charge in [0.05, 0.1) is 18.4 Å². The summed E-state index contributed by atoms with van der Waals surface area (Å²) < 4.78 is 13.6. The number of hydrogen-bond acceptors (Lipinski definition) is 4. The molecule has 0 saturated heterocycles. The zero-order chi connectivity index (χ0) is 24.2. The SMILES string of the molecule is CCCCCCCOc1ccc(C2Oc3ccc(Br)cc3C3CC(c4ccc(C)cc4)=NN32)cc1. The maximum absolute atomic E-state index is 6.52. The fourth-order valence-electron chi connectivity index (χ4n) is 4.82. The number of hydrazone groups is 1. The Morgan fingerprint density at radius 1 is 0.971 bits per heavy atom. The van der Waals surface area contributed by atoms with Crippen molar-refractivity contribution >= 4 is 21.6 Å². The van der Waals surface area contributed by atoms with E-state index < -0.39 is 0 Å². The van der Waals surface area contributed by atoms with Crippen LogP contribution in [-0.4, -0.2) is 17.3 Å². The summed E-state index contributed by atoms with van der Waals surface area (Å²) in [5.74, 6) is 1.83. The Hall–Kier alpha value is -2.79. The Bertz CT molecular complexity index is 1170. The molecular formula is C30H33BrN2O2. The van der Waals surface area contributed by atoms with Crippen LogP contribution in [0.4, 0.5) is 0 Å². The molecule has 0 aromatic heterocycles. The zero-order valence-corrected chi connectivity index (χ0v) is 22.1. The summed E-state index contributed by atoms with van der Waals surface area (Å²) in [6.45, 7) is 5.12. The number of rotatable bonds is 9. The molecule has 2 atom stereocenters. The van der Waals surface area contributed by atoms with E-state index in [2.05, 4.69) is 95.5 Å². The topological polar surface area (TPSA) is 34.1 Å². The fraction of sp³-hybridized carbons (Fsp3) is 0.367. The van der Waals surface area contributed by atoms with Crippen molar-refractivity contribution < 1.29 is 9.47 Å². The van der Waals surface area contributed by atoms with Crippen LogP contribution in [0.3, 0.4) is 0 Å². The van der Waals surface area contributed by atoms with Crippen molar-refractivity contribution in [2.24, 2.45) is 5.10 Å². The molecule has 0 amide bonds. The van der Waals surface area contributed by atoms with E-state index in [-0.39, 0.29) is 12.3 Å². The number of benzene rings is 3. The van der Waals surface area contributed by atoms with Crippen LogP contribution in [0, 0.1) is 6.92 Å². The zero-order valence-electron chi connectivity index (χ0n) is 20.5. The highest BCUT2D eigenvalue weighted by atomic mass is 79.9. The van der Waals surface area contributed by atoms with Gasteiger partial charge in [-0.15, -0.1) is 0 Å². The summed E-state index contributed by atoms with van der Waals surface area (Å²) in [5.41, 5.74) is 5.77. The summed E-state index contributed by atoms with van der Waals surface area (Å²) in [5, 5.41) is 7.21. The maximum atomic E-state index is 6.52. The van der Waals surface area contributed by atoms with Gasteiger partial charge in [0.25, 0.3) is 0 Å². The summed E-state index contributed by atoms with van der Waals surface area (Å²) in [6, 6.07) is 23.3. The van der Waals surface area contributed by atoms with Gasteiger partial charge in [0.1, 0.15) is 11.5 Å². The normalized spacial score (nSPS) is 18.5. The van der Waals surface area contributed by atoms with Crippen molar-refractivity contribution in [2.45, 2.75) is 64.6 Å². The van der Waals surface area contributed by atoms with Crippen molar-refractivity contribution in [1.29, 1.82) is 0 Å². The highest BCUT2D eigenvalue weighted by Crippen LogP contribution is 2.48. The van der Waals surface area contributed by atoms with Crippen LogP contribution in [0.5, 0.6) is 11.5 Å². The van der Waals surface area contributed by atoms with E-state index in [9.17, 15) is 0 Å². The Balaban J connectivity index is 1.36. The third-order valence-electron chi connectivity index (χ3n) is 6.82. The lowest BCUT2D eigenvalue weighted by Gasteiger charge is -2.38. The Kier molecular flexibility index (Phi) is 7.43. The molecule has 5 rings (SSSR count). The molecule has 3 aromatic carbocycles. The van der Waals surface area contributed by atoms with Crippen molar-refractivity contribution in [1.82, 2.24) is 5.01 Å². The van der Waals surface area contributed by atoms with Gasteiger partial charge in [-0.3, -0.25) is 0 Å². The number of nitrogens with zero attached hydrogens (tertiary/aromatic N) is 2. The largest absolute Gasteiger partial charge is 0.494 e. The lowest BCUT2D eigenvalue weighted by Crippen LogP contribution is -2.33. The molecule has 0 radical (unpaired) electrons. The highest BCUT2D eigenvalue weighted by Gasteiger charge is 2.41. The molecule has 2 aliphatic rings. The summed E-state index contributed by atoms with van der Waals surface area (Å²) in [6.07, 6.45) is 6.77. The predicted molar refractivity (Wildman–Crippen MR) is 145 cm³/mol. The number of unbranched alkanes of at least 4 members (excludes halogenated alkanes) is 4. The second-order valence-corrected chi connectivity index (χ2v) is 10.4. The van der Waals surface area contributed by atoms with Gasteiger partial charge in [-0.25, -0.2) is 5.01 Å². The minimum Gasteiger partial charge on any atom is -0.494 e. The molecule has 0 aliphatic carbocycles. The quantitative estimate of drug-likeness (QED) is 0.259. The van der Waals surface area contributed by atoms with Gasteiger partial charge in [-0.1, -0.05) is 78.4 Å². The van der Waals surface area contributed by atoms with Crippen LogP contribution in [0.2, 0.25) is 0 Å². The third-order valence-corrected chi connectivity index (χ3v) is 7.31. The molecule has 0 N–H and O–H groups in total. The van der Waals surface area contributed by atoms with Crippen LogP contribution >= 0.6 is 15.9 Å². The molecule has 0 bridgehead atoms. The van der Waals surface area contributed by atoms with E-state index in [1.165, 1.54) is 42.4 Å². The minimum absolute atomic E-state index is 0.136. The first-order chi connectivity index (χ1) is 17.1. The van der Waals surface area contributed by atoms with Crippen LogP contribution in [0.25, 0.3) is 0 Å². The Labute approximate surface area is 217 Å². The molecule has 4 nitrogen and oxygen atoms in total. The van der Waals surface area contributed by atoms with Crippen LogP contribution < -0.4 is 9.47 Å². The Morgan fingerprint density at radius 3 is 2.51 bits per heavy atom. The van der Waals surface area contributed by atoms with E-state index in [4.69, 9.17) is 14.6 Å². The van der Waals surface area contributed by atoms with Crippen LogP contribution in [-0.2, 0) is 0 Å². The van der Waals surface area contributed by atoms with Crippen molar-refractivity contribution in [2.75, 3.05) is 6.61 Å². The van der Waals surface area contributed by atoms with Gasteiger partial charge < -0.3 is 9.47 Å². The molecular weight excluding hydrogens is 500 g/mol. The predicted octanol–water partition coefficient (Wildman–Crippen LogP) is 8.35. The van der Waals surface area contributed by atoms with E-state index in [1.807, 2.05) is 6.07 Å². The molecule has 2 heterocycles. The summed E-state index contributed by atoms with van der Waals surface area (Å²) >= 11 is 3.64. The van der Waals surface area contributed by atoms with Crippen molar-refractivity contribution in [3.05, 3.63) is 93.5 Å². The molecule has 2 aliphatic heterocycles. The first-order valence-electron chi connectivity index (χ1n) is 12.7. The highest BCUT2D eigenvalue weighted by molar-refractivity contribution is 9.10. The fourth-order valence-corrected chi connectivity index (χ4v) is 5.20. The Morgan fingerprint density at radius 2 is 1.74 bits per heavy atom. The molecule has 182 valence electrons. The summed E-state index contributed by atoms with van der Waals surface area (Å²) in [7, 11) is 0. The molecule has 0 saturated carbocycles. The molecule has 5 heteroatoms. The van der Waals surface area contributed by atoms with Crippen molar-refractivity contribution in [3.63, 3.8) is 0 Å². The second kappa shape index (κ2) is 10.9. The number of fused-ring (bicyclic) bond motifs is 3. The average molecular weight is 534 g/mol. The van der Waals surface area contributed by atoms with Gasteiger partial charge in [0, 0.05) is 22.0 Å². The second-order valence-electron chi connectivity index (χ2n) is 9.50. The maximum Gasteiger partial charge on any atom is 0.213 e.